The second-order valence-electron chi connectivity index (χ2n) is 4.46. The molecule has 1 aliphatic heterocycles. The number of fused-ring (bicyclic) bond motifs is 1. The highest BCUT2D eigenvalue weighted by Gasteiger charge is 2.23. The molecule has 1 amide bonds. The third-order valence-corrected chi connectivity index (χ3v) is 4.13. The molecule has 0 saturated carbocycles. The average Bonchev–Trinajstić information content (AvgIpc) is 2.84. The van der Waals surface area contributed by atoms with Crippen LogP contribution >= 0.6 is 11.3 Å². The molecule has 0 atom stereocenters. The number of rotatable bonds is 1. The van der Waals surface area contributed by atoms with Crippen LogP contribution in [0.4, 0.5) is 0 Å². The SMILES string of the molecule is Cc1csc(C(=O)N2CCc3ncncc3C2)c1. The summed E-state index contributed by atoms with van der Waals surface area (Å²) in [5.74, 6) is 0.114. The minimum absolute atomic E-state index is 0.114. The summed E-state index contributed by atoms with van der Waals surface area (Å²) in [6.07, 6.45) is 4.19. The fraction of sp³-hybridized carbons (Fsp3) is 0.308. The van der Waals surface area contributed by atoms with Gasteiger partial charge in [0, 0.05) is 31.3 Å². The fourth-order valence-electron chi connectivity index (χ4n) is 2.14. The van der Waals surface area contributed by atoms with Gasteiger partial charge < -0.3 is 4.90 Å². The quantitative estimate of drug-likeness (QED) is 0.787. The molecule has 4 nitrogen and oxygen atoms in total. The second-order valence-corrected chi connectivity index (χ2v) is 5.37. The average molecular weight is 259 g/mol. The molecule has 1 aliphatic rings. The van der Waals surface area contributed by atoms with Crippen molar-refractivity contribution in [2.24, 2.45) is 0 Å². The van der Waals surface area contributed by atoms with Gasteiger partial charge >= 0.3 is 0 Å². The molecule has 0 radical (unpaired) electrons. The van der Waals surface area contributed by atoms with E-state index in [2.05, 4.69) is 9.97 Å². The third kappa shape index (κ3) is 2.01. The van der Waals surface area contributed by atoms with Crippen molar-refractivity contribution in [3.05, 3.63) is 45.7 Å². The minimum atomic E-state index is 0.114. The van der Waals surface area contributed by atoms with E-state index in [0.717, 1.165) is 34.7 Å². The van der Waals surface area contributed by atoms with Gasteiger partial charge in [-0.05, 0) is 23.9 Å². The van der Waals surface area contributed by atoms with Crippen molar-refractivity contribution < 1.29 is 4.79 Å². The largest absolute Gasteiger partial charge is 0.333 e. The molecule has 2 aromatic rings. The van der Waals surface area contributed by atoms with Crippen LogP contribution < -0.4 is 0 Å². The number of aryl methyl sites for hydroxylation is 1. The van der Waals surface area contributed by atoms with Crippen LogP contribution in [0.2, 0.25) is 0 Å². The number of hydrogen-bond donors (Lipinski definition) is 0. The fourth-order valence-corrected chi connectivity index (χ4v) is 3.00. The molecular formula is C13H13N3OS. The van der Waals surface area contributed by atoms with E-state index in [1.807, 2.05) is 23.3 Å². The van der Waals surface area contributed by atoms with Gasteiger partial charge in [-0.15, -0.1) is 11.3 Å². The van der Waals surface area contributed by atoms with E-state index >= 15 is 0 Å². The number of aromatic nitrogens is 2. The first-order valence-corrected chi connectivity index (χ1v) is 6.74. The maximum Gasteiger partial charge on any atom is 0.264 e. The van der Waals surface area contributed by atoms with Gasteiger partial charge in [0.15, 0.2) is 0 Å². The summed E-state index contributed by atoms with van der Waals surface area (Å²) in [5, 5.41) is 2.01. The van der Waals surface area contributed by atoms with Crippen molar-refractivity contribution in [2.75, 3.05) is 6.54 Å². The van der Waals surface area contributed by atoms with Crippen LogP contribution in [0.15, 0.2) is 24.0 Å². The molecule has 92 valence electrons. The normalized spacial score (nSPS) is 14.4. The summed E-state index contributed by atoms with van der Waals surface area (Å²) in [6, 6.07) is 1.95. The Morgan fingerprint density at radius 2 is 2.39 bits per heavy atom. The summed E-state index contributed by atoms with van der Waals surface area (Å²) in [4.78, 5) is 23.3. The first-order chi connectivity index (χ1) is 8.74. The van der Waals surface area contributed by atoms with E-state index in [0.29, 0.717) is 6.54 Å². The van der Waals surface area contributed by atoms with Gasteiger partial charge in [0.25, 0.3) is 5.91 Å². The van der Waals surface area contributed by atoms with Crippen LogP contribution in [0.25, 0.3) is 0 Å². The van der Waals surface area contributed by atoms with E-state index in [-0.39, 0.29) is 5.91 Å². The Hall–Kier alpha value is -1.75. The Bertz CT molecular complexity index is 593. The van der Waals surface area contributed by atoms with Crippen molar-refractivity contribution in [2.45, 2.75) is 19.9 Å². The summed E-state index contributed by atoms with van der Waals surface area (Å²) < 4.78 is 0. The standard InChI is InChI=1S/C13H13N3OS/c1-9-4-12(18-7-9)13(17)16-3-2-11-10(6-16)5-14-8-15-11/h4-5,7-8H,2-3,6H2,1H3. The molecule has 0 N–H and O–H groups in total. The molecule has 3 rings (SSSR count). The van der Waals surface area contributed by atoms with Crippen LogP contribution in [-0.2, 0) is 13.0 Å². The number of amides is 1. The Balaban J connectivity index is 1.82. The van der Waals surface area contributed by atoms with E-state index < -0.39 is 0 Å². The monoisotopic (exact) mass is 259 g/mol. The van der Waals surface area contributed by atoms with Crippen molar-refractivity contribution in [3.63, 3.8) is 0 Å². The summed E-state index contributed by atoms with van der Waals surface area (Å²) in [5.41, 5.74) is 3.27. The van der Waals surface area contributed by atoms with Crippen LogP contribution in [0.5, 0.6) is 0 Å². The van der Waals surface area contributed by atoms with Gasteiger partial charge in [0.05, 0.1) is 10.6 Å². The summed E-state index contributed by atoms with van der Waals surface area (Å²) in [7, 11) is 0. The molecule has 0 spiro atoms. The minimum Gasteiger partial charge on any atom is -0.333 e. The van der Waals surface area contributed by atoms with Crippen LogP contribution in [-0.4, -0.2) is 27.3 Å². The molecule has 0 aliphatic carbocycles. The molecule has 0 saturated heterocycles. The van der Waals surface area contributed by atoms with Gasteiger partial charge in [-0.25, -0.2) is 9.97 Å². The third-order valence-electron chi connectivity index (χ3n) is 3.09. The molecule has 2 aromatic heterocycles. The molecule has 18 heavy (non-hydrogen) atoms. The van der Waals surface area contributed by atoms with Crippen molar-refractivity contribution in [3.8, 4) is 0 Å². The van der Waals surface area contributed by atoms with Gasteiger partial charge in [0.2, 0.25) is 0 Å². The highest BCUT2D eigenvalue weighted by molar-refractivity contribution is 7.12. The molecule has 0 fully saturated rings. The lowest BCUT2D eigenvalue weighted by molar-refractivity contribution is 0.0738. The number of carbonyl (C=O) groups is 1. The van der Waals surface area contributed by atoms with E-state index in [1.54, 1.807) is 12.5 Å². The highest BCUT2D eigenvalue weighted by Crippen LogP contribution is 2.21. The van der Waals surface area contributed by atoms with Crippen LogP contribution in [0.3, 0.4) is 0 Å². The first-order valence-electron chi connectivity index (χ1n) is 5.86. The maximum absolute atomic E-state index is 12.3. The Morgan fingerprint density at radius 3 is 3.17 bits per heavy atom. The number of nitrogens with zero attached hydrogens (tertiary/aromatic N) is 3. The van der Waals surface area contributed by atoms with Crippen molar-refractivity contribution in [1.82, 2.24) is 14.9 Å². The zero-order valence-corrected chi connectivity index (χ0v) is 10.9. The molecular weight excluding hydrogens is 246 g/mol. The number of carbonyl (C=O) groups excluding carboxylic acids is 1. The predicted octanol–water partition coefficient (Wildman–Crippen LogP) is 2.05. The lowest BCUT2D eigenvalue weighted by Crippen LogP contribution is -2.36. The Kier molecular flexibility index (Phi) is 2.83. The van der Waals surface area contributed by atoms with E-state index in [4.69, 9.17) is 0 Å². The van der Waals surface area contributed by atoms with Gasteiger partial charge in [-0.1, -0.05) is 0 Å². The molecule has 5 heteroatoms. The van der Waals surface area contributed by atoms with Crippen LogP contribution in [0, 0.1) is 6.92 Å². The topological polar surface area (TPSA) is 46.1 Å². The second kappa shape index (κ2) is 4.49. The van der Waals surface area contributed by atoms with Crippen LogP contribution in [0.1, 0.15) is 26.5 Å². The smallest absolute Gasteiger partial charge is 0.264 e. The summed E-state index contributed by atoms with van der Waals surface area (Å²) in [6.45, 7) is 3.36. The Morgan fingerprint density at radius 1 is 1.50 bits per heavy atom. The van der Waals surface area contributed by atoms with E-state index in [1.165, 1.54) is 11.3 Å². The maximum atomic E-state index is 12.3. The molecule has 0 unspecified atom stereocenters. The number of thiophene rings is 1. The molecule has 3 heterocycles. The first kappa shape index (κ1) is 11.3. The number of hydrogen-bond acceptors (Lipinski definition) is 4. The molecule has 0 bridgehead atoms. The zero-order valence-electron chi connectivity index (χ0n) is 10.1. The van der Waals surface area contributed by atoms with Gasteiger partial charge in [-0.3, -0.25) is 4.79 Å². The van der Waals surface area contributed by atoms with Gasteiger partial charge in [-0.2, -0.15) is 0 Å². The van der Waals surface area contributed by atoms with Crippen molar-refractivity contribution >= 4 is 17.2 Å². The summed E-state index contributed by atoms with van der Waals surface area (Å²) >= 11 is 1.51. The van der Waals surface area contributed by atoms with Crippen molar-refractivity contribution in [1.29, 1.82) is 0 Å². The lowest BCUT2D eigenvalue weighted by Gasteiger charge is -2.27. The lowest BCUT2D eigenvalue weighted by atomic mass is 10.1. The zero-order chi connectivity index (χ0) is 12.5. The predicted molar refractivity (Wildman–Crippen MR) is 69.5 cm³/mol. The van der Waals surface area contributed by atoms with Gasteiger partial charge in [0.1, 0.15) is 6.33 Å². The van der Waals surface area contributed by atoms with E-state index in [9.17, 15) is 4.79 Å². The Labute approximate surface area is 109 Å². The highest BCUT2D eigenvalue weighted by atomic mass is 32.1. The molecule has 0 aromatic carbocycles.